The molecule has 0 atom stereocenters. The van der Waals surface area contributed by atoms with Crippen LogP contribution in [0.5, 0.6) is 17.4 Å². The number of carbonyl (C=O) groups excluding carboxylic acids is 1. The number of thiophene rings is 1. The molecule has 0 aliphatic carbocycles. The molecule has 5 nitrogen and oxygen atoms in total. The molecule has 3 rings (SSSR count). The fourth-order valence-corrected chi connectivity index (χ4v) is 2.97. The van der Waals surface area contributed by atoms with Crippen molar-refractivity contribution in [1.82, 2.24) is 4.98 Å². The van der Waals surface area contributed by atoms with Crippen LogP contribution in [-0.2, 0) is 11.2 Å². The van der Waals surface area contributed by atoms with Gasteiger partial charge in [-0.05, 0) is 42.1 Å². The molecule has 128 valence electrons. The van der Waals surface area contributed by atoms with E-state index < -0.39 is 0 Å². The van der Waals surface area contributed by atoms with Gasteiger partial charge in [-0.1, -0.05) is 12.1 Å². The number of aromatic nitrogens is 1. The number of nitrogens with zero attached hydrogens (tertiary/aromatic N) is 1. The Kier molecular flexibility index (Phi) is 5.30. The molecule has 3 aromatic rings. The van der Waals surface area contributed by atoms with Crippen LogP contribution in [0.25, 0.3) is 0 Å². The second-order valence-electron chi connectivity index (χ2n) is 5.45. The second-order valence-corrected chi connectivity index (χ2v) is 6.48. The summed E-state index contributed by atoms with van der Waals surface area (Å²) in [6, 6.07) is 13.0. The van der Waals surface area contributed by atoms with E-state index in [2.05, 4.69) is 10.3 Å². The molecule has 0 fully saturated rings. The molecule has 0 aliphatic heterocycles. The number of anilines is 1. The first kappa shape index (κ1) is 17.0. The van der Waals surface area contributed by atoms with Crippen LogP contribution in [-0.4, -0.2) is 18.0 Å². The van der Waals surface area contributed by atoms with Gasteiger partial charge in [-0.3, -0.25) is 4.79 Å². The maximum atomic E-state index is 12.0. The lowest BCUT2D eigenvalue weighted by atomic mass is 10.2. The van der Waals surface area contributed by atoms with Gasteiger partial charge in [0, 0.05) is 10.9 Å². The Hall–Kier alpha value is -2.86. The highest BCUT2D eigenvalue weighted by molar-refractivity contribution is 7.10. The summed E-state index contributed by atoms with van der Waals surface area (Å²) in [7, 11) is 1.60. The van der Waals surface area contributed by atoms with Gasteiger partial charge >= 0.3 is 0 Å². The minimum absolute atomic E-state index is 0.0712. The van der Waals surface area contributed by atoms with Crippen LogP contribution < -0.4 is 14.8 Å². The summed E-state index contributed by atoms with van der Waals surface area (Å²) in [6.45, 7) is 1.98. The van der Waals surface area contributed by atoms with Crippen molar-refractivity contribution < 1.29 is 14.3 Å². The summed E-state index contributed by atoms with van der Waals surface area (Å²) >= 11 is 1.56. The van der Waals surface area contributed by atoms with Crippen LogP contribution in [0, 0.1) is 6.92 Å². The lowest BCUT2D eigenvalue weighted by molar-refractivity contribution is -0.115. The smallest absolute Gasteiger partial charge is 0.229 e. The number of carbonyl (C=O) groups is 1. The molecule has 2 heterocycles. The number of methoxy groups -OCH3 is 1. The topological polar surface area (TPSA) is 60.5 Å². The number of rotatable bonds is 6. The third-order valence-corrected chi connectivity index (χ3v) is 4.35. The molecule has 0 unspecified atom stereocenters. The zero-order valence-corrected chi connectivity index (χ0v) is 14.8. The van der Waals surface area contributed by atoms with Gasteiger partial charge in [-0.15, -0.1) is 11.3 Å². The average molecular weight is 354 g/mol. The Morgan fingerprint density at radius 3 is 2.76 bits per heavy atom. The molecule has 6 heteroatoms. The highest BCUT2D eigenvalue weighted by atomic mass is 32.1. The molecular formula is C19H18N2O3S. The molecule has 2 aromatic heterocycles. The van der Waals surface area contributed by atoms with Gasteiger partial charge in [0.1, 0.15) is 0 Å². The Morgan fingerprint density at radius 1 is 1.20 bits per heavy atom. The van der Waals surface area contributed by atoms with Crippen molar-refractivity contribution in [3.05, 3.63) is 64.5 Å². The number of hydrogen-bond acceptors (Lipinski definition) is 5. The zero-order chi connectivity index (χ0) is 17.6. The van der Waals surface area contributed by atoms with E-state index in [1.807, 2.05) is 42.6 Å². The van der Waals surface area contributed by atoms with E-state index in [0.717, 1.165) is 10.4 Å². The molecule has 1 amide bonds. The fourth-order valence-electron chi connectivity index (χ4n) is 2.26. The van der Waals surface area contributed by atoms with Gasteiger partial charge in [-0.2, -0.15) is 0 Å². The summed E-state index contributed by atoms with van der Waals surface area (Å²) < 4.78 is 11.1. The van der Waals surface area contributed by atoms with Crippen LogP contribution in [0.15, 0.2) is 54.0 Å². The maximum Gasteiger partial charge on any atom is 0.229 e. The minimum atomic E-state index is -0.0712. The largest absolute Gasteiger partial charge is 0.493 e. The second kappa shape index (κ2) is 7.81. The first-order chi connectivity index (χ1) is 12.1. The highest BCUT2D eigenvalue weighted by Crippen LogP contribution is 2.31. The molecule has 0 radical (unpaired) electrons. The van der Waals surface area contributed by atoms with Crippen LogP contribution in [0.2, 0.25) is 0 Å². The third-order valence-electron chi connectivity index (χ3n) is 3.47. The number of amides is 1. The Balaban J connectivity index is 1.63. The average Bonchev–Trinajstić information content (AvgIpc) is 3.11. The molecule has 0 saturated heterocycles. The fraction of sp³-hybridized carbons (Fsp3) is 0.158. The van der Waals surface area contributed by atoms with E-state index in [0.29, 0.717) is 29.5 Å². The van der Waals surface area contributed by atoms with Crippen LogP contribution >= 0.6 is 11.3 Å². The monoisotopic (exact) mass is 354 g/mol. The predicted molar refractivity (Wildman–Crippen MR) is 98.7 cm³/mol. The van der Waals surface area contributed by atoms with E-state index in [1.54, 1.807) is 36.8 Å². The van der Waals surface area contributed by atoms with Crippen molar-refractivity contribution in [3.63, 3.8) is 0 Å². The molecule has 0 aliphatic rings. The first-order valence-corrected chi connectivity index (χ1v) is 8.63. The van der Waals surface area contributed by atoms with Gasteiger partial charge in [0.15, 0.2) is 11.5 Å². The van der Waals surface area contributed by atoms with Gasteiger partial charge in [0.25, 0.3) is 0 Å². The molecule has 0 spiro atoms. The SMILES string of the molecule is COc1cc(C)ccc1Oc1ccc(NC(=O)Cc2cccs2)cn1. The normalized spacial score (nSPS) is 10.3. The van der Waals surface area contributed by atoms with Crippen LogP contribution in [0.1, 0.15) is 10.4 Å². The number of hydrogen-bond donors (Lipinski definition) is 1. The highest BCUT2D eigenvalue weighted by Gasteiger charge is 2.08. The van der Waals surface area contributed by atoms with Crippen LogP contribution in [0.3, 0.4) is 0 Å². The lowest BCUT2D eigenvalue weighted by Crippen LogP contribution is -2.13. The van der Waals surface area contributed by atoms with Gasteiger partial charge in [0.2, 0.25) is 11.8 Å². The van der Waals surface area contributed by atoms with Crippen molar-refractivity contribution >= 4 is 22.9 Å². The molecule has 25 heavy (non-hydrogen) atoms. The van der Waals surface area contributed by atoms with E-state index in [4.69, 9.17) is 9.47 Å². The van der Waals surface area contributed by atoms with E-state index in [9.17, 15) is 4.79 Å². The standard InChI is InChI=1S/C19H18N2O3S/c1-13-5-7-16(17(10-13)23-2)24-19-8-6-14(12-20-19)21-18(22)11-15-4-3-9-25-15/h3-10,12H,11H2,1-2H3,(H,21,22). The summed E-state index contributed by atoms with van der Waals surface area (Å²) in [5.74, 6) is 1.60. The summed E-state index contributed by atoms with van der Waals surface area (Å²) in [4.78, 5) is 17.2. The van der Waals surface area contributed by atoms with Crippen molar-refractivity contribution in [2.75, 3.05) is 12.4 Å². The Labute approximate surface area is 150 Å². The van der Waals surface area contributed by atoms with Crippen molar-refractivity contribution in [2.24, 2.45) is 0 Å². The number of nitrogens with one attached hydrogen (secondary N) is 1. The quantitative estimate of drug-likeness (QED) is 0.711. The number of benzene rings is 1. The predicted octanol–water partition coefficient (Wildman–Crippen LogP) is 4.43. The molecule has 1 aromatic carbocycles. The number of ether oxygens (including phenoxy) is 2. The number of pyridine rings is 1. The zero-order valence-electron chi connectivity index (χ0n) is 14.0. The number of aryl methyl sites for hydroxylation is 1. The van der Waals surface area contributed by atoms with Gasteiger partial charge in [0.05, 0.1) is 25.4 Å². The molecular weight excluding hydrogens is 336 g/mol. The Morgan fingerprint density at radius 2 is 2.08 bits per heavy atom. The molecule has 0 saturated carbocycles. The first-order valence-electron chi connectivity index (χ1n) is 7.75. The third kappa shape index (κ3) is 4.58. The van der Waals surface area contributed by atoms with E-state index in [1.165, 1.54) is 0 Å². The maximum absolute atomic E-state index is 12.0. The summed E-state index contributed by atoms with van der Waals surface area (Å²) in [5.41, 5.74) is 1.71. The van der Waals surface area contributed by atoms with Crippen molar-refractivity contribution in [3.8, 4) is 17.4 Å². The van der Waals surface area contributed by atoms with Crippen molar-refractivity contribution in [1.29, 1.82) is 0 Å². The lowest BCUT2D eigenvalue weighted by Gasteiger charge is -2.11. The Bertz CT molecular complexity index is 846. The van der Waals surface area contributed by atoms with E-state index in [-0.39, 0.29) is 5.91 Å². The molecule has 0 bridgehead atoms. The van der Waals surface area contributed by atoms with Crippen molar-refractivity contribution in [2.45, 2.75) is 13.3 Å². The van der Waals surface area contributed by atoms with E-state index >= 15 is 0 Å². The van der Waals surface area contributed by atoms with Crippen LogP contribution in [0.4, 0.5) is 5.69 Å². The minimum Gasteiger partial charge on any atom is -0.493 e. The van der Waals surface area contributed by atoms with Gasteiger partial charge in [-0.25, -0.2) is 4.98 Å². The summed E-state index contributed by atoms with van der Waals surface area (Å²) in [6.07, 6.45) is 1.93. The van der Waals surface area contributed by atoms with Gasteiger partial charge < -0.3 is 14.8 Å². The molecule has 1 N–H and O–H groups in total. The summed E-state index contributed by atoms with van der Waals surface area (Å²) in [5, 5.41) is 4.78.